The quantitative estimate of drug-likeness (QED) is 0.722. The Morgan fingerprint density at radius 2 is 2.06 bits per heavy atom. The molecule has 1 amide bonds. The van der Waals surface area contributed by atoms with Crippen molar-refractivity contribution in [3.05, 3.63) is 0 Å². The third-order valence-corrected chi connectivity index (χ3v) is 3.15. The molecule has 0 aromatic carbocycles. The monoisotopic (exact) mass is 227 g/mol. The first-order valence-electron chi connectivity index (χ1n) is 6.35. The fourth-order valence-corrected chi connectivity index (χ4v) is 2.01. The number of nitrogens with one attached hydrogen (secondary N) is 2. The van der Waals surface area contributed by atoms with E-state index < -0.39 is 0 Å². The average molecular weight is 227 g/mol. The van der Waals surface area contributed by atoms with Crippen LogP contribution in [0.25, 0.3) is 0 Å². The van der Waals surface area contributed by atoms with E-state index in [1.165, 1.54) is 0 Å². The van der Waals surface area contributed by atoms with Crippen molar-refractivity contribution in [3.63, 3.8) is 0 Å². The highest BCUT2D eigenvalue weighted by Crippen LogP contribution is 2.08. The molecule has 94 valence electrons. The topological polar surface area (TPSA) is 44.4 Å². The fourth-order valence-electron chi connectivity index (χ4n) is 2.01. The van der Waals surface area contributed by atoms with Crippen molar-refractivity contribution in [2.45, 2.75) is 45.2 Å². The minimum absolute atomic E-state index is 0.0695. The van der Waals surface area contributed by atoms with E-state index in [0.717, 1.165) is 38.9 Å². The molecule has 1 atom stereocenters. The Hall–Kier alpha value is -0.610. The zero-order chi connectivity index (χ0) is 12.0. The molecule has 0 radical (unpaired) electrons. The van der Waals surface area contributed by atoms with Gasteiger partial charge in [0.1, 0.15) is 0 Å². The van der Waals surface area contributed by atoms with Gasteiger partial charge in [0, 0.05) is 12.6 Å². The van der Waals surface area contributed by atoms with E-state index >= 15 is 0 Å². The van der Waals surface area contributed by atoms with Crippen LogP contribution in [0.15, 0.2) is 0 Å². The predicted molar refractivity (Wildman–Crippen MR) is 66.4 cm³/mol. The molecule has 0 bridgehead atoms. The van der Waals surface area contributed by atoms with Crippen LogP contribution in [0.2, 0.25) is 0 Å². The lowest BCUT2D eigenvalue weighted by Gasteiger charge is -2.31. The summed E-state index contributed by atoms with van der Waals surface area (Å²) in [5.74, 6) is 0.126. The van der Waals surface area contributed by atoms with Gasteiger partial charge in [0.15, 0.2) is 0 Å². The van der Waals surface area contributed by atoms with Crippen LogP contribution in [-0.4, -0.2) is 49.6 Å². The van der Waals surface area contributed by atoms with Gasteiger partial charge in [-0.3, -0.25) is 4.79 Å². The minimum Gasteiger partial charge on any atom is -0.355 e. The molecular weight excluding hydrogens is 202 g/mol. The van der Waals surface area contributed by atoms with Crippen LogP contribution in [0.4, 0.5) is 0 Å². The van der Waals surface area contributed by atoms with Crippen LogP contribution in [0.3, 0.4) is 0 Å². The fraction of sp³-hybridized carbons (Fsp3) is 0.917. The molecule has 1 aliphatic rings. The van der Waals surface area contributed by atoms with Crippen molar-refractivity contribution in [1.82, 2.24) is 15.5 Å². The molecule has 0 saturated carbocycles. The van der Waals surface area contributed by atoms with E-state index in [1.54, 1.807) is 0 Å². The Morgan fingerprint density at radius 3 is 2.62 bits per heavy atom. The van der Waals surface area contributed by atoms with Gasteiger partial charge in [0.25, 0.3) is 0 Å². The Balaban J connectivity index is 2.22. The Labute approximate surface area is 98.8 Å². The number of rotatable bonds is 5. The molecule has 0 aromatic rings. The van der Waals surface area contributed by atoms with Crippen molar-refractivity contribution < 1.29 is 4.79 Å². The molecule has 1 heterocycles. The van der Waals surface area contributed by atoms with Crippen LogP contribution in [-0.2, 0) is 4.79 Å². The summed E-state index contributed by atoms with van der Waals surface area (Å²) in [5.41, 5.74) is 0. The lowest BCUT2D eigenvalue weighted by atomic mass is 10.0. The van der Waals surface area contributed by atoms with Gasteiger partial charge in [-0.15, -0.1) is 0 Å². The second-order valence-corrected chi connectivity index (χ2v) is 4.76. The lowest BCUT2D eigenvalue weighted by Crippen LogP contribution is -2.50. The third-order valence-electron chi connectivity index (χ3n) is 3.15. The van der Waals surface area contributed by atoms with Gasteiger partial charge >= 0.3 is 0 Å². The molecule has 4 heteroatoms. The van der Waals surface area contributed by atoms with Gasteiger partial charge in [0.2, 0.25) is 5.91 Å². The molecule has 2 N–H and O–H groups in total. The molecule has 1 fully saturated rings. The maximum Gasteiger partial charge on any atom is 0.236 e. The largest absolute Gasteiger partial charge is 0.355 e. The van der Waals surface area contributed by atoms with E-state index in [-0.39, 0.29) is 11.9 Å². The van der Waals surface area contributed by atoms with E-state index in [2.05, 4.69) is 29.5 Å². The summed E-state index contributed by atoms with van der Waals surface area (Å²) in [6.07, 6.45) is 3.27. The third kappa shape index (κ3) is 4.49. The van der Waals surface area contributed by atoms with Crippen molar-refractivity contribution in [2.24, 2.45) is 0 Å². The van der Waals surface area contributed by atoms with Gasteiger partial charge in [-0.25, -0.2) is 0 Å². The second-order valence-electron chi connectivity index (χ2n) is 4.76. The molecule has 1 saturated heterocycles. The second kappa shape index (κ2) is 6.86. The summed E-state index contributed by atoms with van der Waals surface area (Å²) in [4.78, 5) is 14.0. The number of carbonyl (C=O) groups is 1. The SMILES string of the molecule is CCCNC(=O)C(C)NC1CCN(C)CC1. The number of hydrogen-bond acceptors (Lipinski definition) is 3. The van der Waals surface area contributed by atoms with Crippen molar-refractivity contribution >= 4 is 5.91 Å². The van der Waals surface area contributed by atoms with Crippen molar-refractivity contribution in [2.75, 3.05) is 26.7 Å². The highest BCUT2D eigenvalue weighted by atomic mass is 16.2. The smallest absolute Gasteiger partial charge is 0.236 e. The number of likely N-dealkylation sites (tertiary alicyclic amines) is 1. The summed E-state index contributed by atoms with van der Waals surface area (Å²) in [6, 6.07) is 0.429. The van der Waals surface area contributed by atoms with Crippen LogP contribution < -0.4 is 10.6 Å². The molecule has 1 unspecified atom stereocenters. The van der Waals surface area contributed by atoms with Crippen LogP contribution in [0.5, 0.6) is 0 Å². The Bertz CT molecular complexity index is 212. The Kier molecular flexibility index (Phi) is 5.77. The van der Waals surface area contributed by atoms with Crippen molar-refractivity contribution in [3.8, 4) is 0 Å². The number of amides is 1. The zero-order valence-corrected chi connectivity index (χ0v) is 10.8. The summed E-state index contributed by atoms with van der Waals surface area (Å²) in [7, 11) is 2.15. The summed E-state index contributed by atoms with van der Waals surface area (Å²) < 4.78 is 0. The molecular formula is C12H25N3O. The van der Waals surface area contributed by atoms with E-state index in [9.17, 15) is 4.79 Å². The first kappa shape index (κ1) is 13.5. The highest BCUT2D eigenvalue weighted by Gasteiger charge is 2.20. The minimum atomic E-state index is -0.0695. The van der Waals surface area contributed by atoms with Crippen LogP contribution >= 0.6 is 0 Å². The average Bonchev–Trinajstić information content (AvgIpc) is 2.29. The van der Waals surface area contributed by atoms with Gasteiger partial charge in [-0.2, -0.15) is 0 Å². The van der Waals surface area contributed by atoms with Gasteiger partial charge < -0.3 is 15.5 Å². The van der Waals surface area contributed by atoms with E-state index in [4.69, 9.17) is 0 Å². The van der Waals surface area contributed by atoms with E-state index in [0.29, 0.717) is 6.04 Å². The molecule has 1 aliphatic heterocycles. The molecule has 4 nitrogen and oxygen atoms in total. The van der Waals surface area contributed by atoms with Gasteiger partial charge in [0.05, 0.1) is 6.04 Å². The Morgan fingerprint density at radius 1 is 1.44 bits per heavy atom. The molecule has 1 rings (SSSR count). The summed E-state index contributed by atoms with van der Waals surface area (Å²) in [5, 5.41) is 6.33. The van der Waals surface area contributed by atoms with Crippen LogP contribution in [0, 0.1) is 0 Å². The predicted octanol–water partition coefficient (Wildman–Crippen LogP) is 0.585. The first-order valence-corrected chi connectivity index (χ1v) is 6.35. The van der Waals surface area contributed by atoms with Crippen molar-refractivity contribution in [1.29, 1.82) is 0 Å². The van der Waals surface area contributed by atoms with Gasteiger partial charge in [-0.1, -0.05) is 6.92 Å². The number of piperidine rings is 1. The summed E-state index contributed by atoms with van der Waals surface area (Å²) in [6.45, 7) is 7.04. The maximum absolute atomic E-state index is 11.7. The number of hydrogen-bond donors (Lipinski definition) is 2. The molecule has 16 heavy (non-hydrogen) atoms. The molecule has 0 aromatic heterocycles. The molecule has 0 spiro atoms. The van der Waals surface area contributed by atoms with Crippen LogP contribution in [0.1, 0.15) is 33.1 Å². The first-order chi connectivity index (χ1) is 7.63. The lowest BCUT2D eigenvalue weighted by molar-refractivity contribution is -0.123. The summed E-state index contributed by atoms with van der Waals surface area (Å²) >= 11 is 0. The molecule has 0 aliphatic carbocycles. The normalized spacial score (nSPS) is 20.7. The van der Waals surface area contributed by atoms with E-state index in [1.807, 2.05) is 6.92 Å². The highest BCUT2D eigenvalue weighted by molar-refractivity contribution is 5.81. The van der Waals surface area contributed by atoms with Gasteiger partial charge in [-0.05, 0) is 46.3 Å². The maximum atomic E-state index is 11.7. The number of nitrogens with zero attached hydrogens (tertiary/aromatic N) is 1. The standard InChI is InChI=1S/C12H25N3O/c1-4-7-13-12(16)10(2)14-11-5-8-15(3)9-6-11/h10-11,14H,4-9H2,1-3H3,(H,13,16). The number of carbonyl (C=O) groups excluding carboxylic acids is 1. The zero-order valence-electron chi connectivity index (χ0n) is 10.8.